The van der Waals surface area contributed by atoms with Crippen LogP contribution in [-0.4, -0.2) is 39.6 Å². The van der Waals surface area contributed by atoms with E-state index in [0.717, 1.165) is 0 Å². The summed E-state index contributed by atoms with van der Waals surface area (Å²) in [4.78, 5) is 6.84. The first kappa shape index (κ1) is 12.0. The molecule has 0 aromatic carbocycles. The van der Waals surface area contributed by atoms with Crippen LogP contribution in [0.4, 0.5) is 0 Å². The van der Waals surface area contributed by atoms with E-state index < -0.39 is 0 Å². The number of hydrogen-bond acceptors (Lipinski definition) is 5. The number of nitrogens with zero attached hydrogens (tertiary/aromatic N) is 3. The highest BCUT2D eigenvalue weighted by atomic mass is 16.7. The van der Waals surface area contributed by atoms with Gasteiger partial charge in [0, 0.05) is 11.5 Å². The molecule has 76 valence electrons. The molecule has 0 unspecified atom stereocenters. The van der Waals surface area contributed by atoms with Gasteiger partial charge in [-0.3, -0.25) is 0 Å². The summed E-state index contributed by atoms with van der Waals surface area (Å²) in [7, 11) is 0. The van der Waals surface area contributed by atoms with E-state index in [-0.39, 0.29) is 6.61 Å². The van der Waals surface area contributed by atoms with Gasteiger partial charge in [-0.05, 0) is 5.53 Å². The minimum atomic E-state index is 0.251. The first-order chi connectivity index (χ1) is 6.41. The molecule has 7 heteroatoms. The molecule has 0 fully saturated rings. The van der Waals surface area contributed by atoms with Gasteiger partial charge in [0.1, 0.15) is 11.9 Å². The first-order valence-electron chi connectivity index (χ1n) is 3.93. The minimum absolute atomic E-state index is 0.251. The molecule has 0 heterocycles. The second kappa shape index (κ2) is 11.0. The normalized spacial score (nSPS) is 9.31. The average Bonchev–Trinajstić information content (AvgIpc) is 2.16. The first-order valence-corrected chi connectivity index (χ1v) is 3.93. The highest BCUT2D eigenvalue weighted by molar-refractivity contribution is 4.34. The molecule has 13 heavy (non-hydrogen) atoms. The third-order valence-corrected chi connectivity index (χ3v) is 1.05. The van der Waals surface area contributed by atoms with Gasteiger partial charge < -0.3 is 20.0 Å². The van der Waals surface area contributed by atoms with Crippen molar-refractivity contribution in [1.82, 2.24) is 0 Å². The lowest BCUT2D eigenvalue weighted by atomic mass is 10.7. The van der Waals surface area contributed by atoms with Gasteiger partial charge in [0.2, 0.25) is 0 Å². The van der Waals surface area contributed by atoms with Crippen LogP contribution in [0.3, 0.4) is 0 Å². The van der Waals surface area contributed by atoms with Gasteiger partial charge in [-0.2, -0.15) is 0 Å². The fourth-order valence-electron chi connectivity index (χ4n) is 0.568. The second-order valence-electron chi connectivity index (χ2n) is 2.02. The van der Waals surface area contributed by atoms with Crippen molar-refractivity contribution in [3.63, 3.8) is 0 Å². The average molecular weight is 190 g/mol. The Morgan fingerprint density at radius 3 is 2.31 bits per heavy atom. The summed E-state index contributed by atoms with van der Waals surface area (Å²) >= 11 is 0. The van der Waals surface area contributed by atoms with E-state index >= 15 is 0 Å². The lowest BCUT2D eigenvalue weighted by Crippen LogP contribution is -2.13. The molecular formula is C6H14N4O3. The molecule has 0 atom stereocenters. The van der Waals surface area contributed by atoms with Crippen LogP contribution in [0.25, 0.3) is 10.4 Å². The van der Waals surface area contributed by atoms with E-state index in [2.05, 4.69) is 15.0 Å². The van der Waals surface area contributed by atoms with Crippen LogP contribution in [0.15, 0.2) is 5.28 Å². The number of azide groups is 1. The van der Waals surface area contributed by atoms with Gasteiger partial charge in [0.15, 0.2) is 0 Å². The standard InChI is InChI=1S/C6H14N4O3/c7-1-2-11-3-4-12-5-6-13-10-9-8/h1-7H2. The Labute approximate surface area is 76.3 Å². The Morgan fingerprint density at radius 1 is 1.08 bits per heavy atom. The summed E-state index contributed by atoms with van der Waals surface area (Å²) < 4.78 is 10.1. The van der Waals surface area contributed by atoms with Gasteiger partial charge in [-0.15, -0.1) is 0 Å². The molecule has 0 bridgehead atoms. The van der Waals surface area contributed by atoms with E-state index in [0.29, 0.717) is 33.0 Å². The van der Waals surface area contributed by atoms with Crippen LogP contribution in [0.2, 0.25) is 0 Å². The molecule has 0 aliphatic carbocycles. The van der Waals surface area contributed by atoms with Gasteiger partial charge in [0.25, 0.3) is 0 Å². The van der Waals surface area contributed by atoms with Crippen LogP contribution in [0, 0.1) is 0 Å². The zero-order chi connectivity index (χ0) is 9.78. The maximum absolute atomic E-state index is 7.83. The summed E-state index contributed by atoms with van der Waals surface area (Å²) in [5.74, 6) is 0. The molecule has 0 aromatic rings. The fraction of sp³-hybridized carbons (Fsp3) is 1.00. The van der Waals surface area contributed by atoms with E-state index in [9.17, 15) is 0 Å². The monoisotopic (exact) mass is 190 g/mol. The molecule has 0 saturated carbocycles. The van der Waals surface area contributed by atoms with Crippen LogP contribution in [0.1, 0.15) is 0 Å². The molecule has 0 aliphatic rings. The van der Waals surface area contributed by atoms with Crippen molar-refractivity contribution in [2.24, 2.45) is 11.0 Å². The highest BCUT2D eigenvalue weighted by Gasteiger charge is 1.88. The van der Waals surface area contributed by atoms with E-state index in [1.54, 1.807) is 0 Å². The molecular weight excluding hydrogens is 176 g/mol. The highest BCUT2D eigenvalue weighted by Crippen LogP contribution is 1.81. The molecule has 0 aliphatic heterocycles. The second-order valence-corrected chi connectivity index (χ2v) is 2.02. The van der Waals surface area contributed by atoms with Gasteiger partial charge in [-0.1, -0.05) is 0 Å². The third kappa shape index (κ3) is 11.0. The molecule has 7 nitrogen and oxygen atoms in total. The predicted molar refractivity (Wildman–Crippen MR) is 45.8 cm³/mol. The van der Waals surface area contributed by atoms with Gasteiger partial charge in [0.05, 0.1) is 26.4 Å². The van der Waals surface area contributed by atoms with Crippen molar-refractivity contribution < 1.29 is 14.3 Å². The lowest BCUT2D eigenvalue weighted by molar-refractivity contribution is 0.0160. The van der Waals surface area contributed by atoms with Crippen molar-refractivity contribution >= 4 is 0 Å². The number of rotatable bonds is 9. The molecule has 0 amide bonds. The molecule has 0 spiro atoms. The fourth-order valence-corrected chi connectivity index (χ4v) is 0.568. The van der Waals surface area contributed by atoms with Crippen molar-refractivity contribution in [2.45, 2.75) is 0 Å². The van der Waals surface area contributed by atoms with Crippen LogP contribution < -0.4 is 5.73 Å². The summed E-state index contributed by atoms with van der Waals surface area (Å²) in [5.41, 5.74) is 13.0. The Kier molecular flexibility index (Phi) is 10.1. The van der Waals surface area contributed by atoms with Crippen LogP contribution in [0.5, 0.6) is 0 Å². The zero-order valence-corrected chi connectivity index (χ0v) is 7.39. The molecule has 0 rings (SSSR count). The summed E-state index contributed by atoms with van der Waals surface area (Å²) in [6.07, 6.45) is 0. The van der Waals surface area contributed by atoms with Crippen molar-refractivity contribution in [3.05, 3.63) is 10.4 Å². The van der Waals surface area contributed by atoms with Gasteiger partial charge >= 0.3 is 0 Å². The lowest BCUT2D eigenvalue weighted by Gasteiger charge is -2.03. The minimum Gasteiger partial charge on any atom is -0.431 e. The maximum Gasteiger partial charge on any atom is 0.120 e. The van der Waals surface area contributed by atoms with E-state index in [4.69, 9.17) is 20.7 Å². The predicted octanol–water partition coefficient (Wildman–Crippen LogP) is 0.220. The smallest absolute Gasteiger partial charge is 0.120 e. The van der Waals surface area contributed by atoms with Crippen LogP contribution >= 0.6 is 0 Å². The van der Waals surface area contributed by atoms with Crippen LogP contribution in [-0.2, 0) is 14.3 Å². The Bertz CT molecular complexity index is 149. The Morgan fingerprint density at radius 2 is 1.69 bits per heavy atom. The molecule has 0 radical (unpaired) electrons. The number of hydrogen-bond donors (Lipinski definition) is 1. The molecule has 0 aromatic heterocycles. The maximum atomic E-state index is 7.83. The SMILES string of the molecule is [N-]=[N+]=NOCCOCCOCCN. The molecule has 2 N–H and O–H groups in total. The third-order valence-electron chi connectivity index (χ3n) is 1.05. The van der Waals surface area contributed by atoms with Crippen molar-refractivity contribution in [1.29, 1.82) is 0 Å². The summed E-state index contributed by atoms with van der Waals surface area (Å²) in [6.45, 7) is 2.68. The van der Waals surface area contributed by atoms with Crippen molar-refractivity contribution in [3.8, 4) is 0 Å². The van der Waals surface area contributed by atoms with E-state index in [1.165, 1.54) is 0 Å². The number of nitrogens with two attached hydrogens (primary N) is 1. The molecule has 0 saturated heterocycles. The topological polar surface area (TPSA) is 102 Å². The number of ether oxygens (including phenoxy) is 2. The largest absolute Gasteiger partial charge is 0.431 e. The quantitative estimate of drug-likeness (QED) is 0.185. The zero-order valence-electron chi connectivity index (χ0n) is 7.39. The Hall–Kier alpha value is -1.01. The van der Waals surface area contributed by atoms with Gasteiger partial charge in [-0.25, -0.2) is 0 Å². The Balaban J connectivity index is 2.87. The van der Waals surface area contributed by atoms with Crippen molar-refractivity contribution in [2.75, 3.05) is 39.6 Å². The summed E-state index contributed by atoms with van der Waals surface area (Å²) in [6, 6.07) is 0. The summed E-state index contributed by atoms with van der Waals surface area (Å²) in [5, 5.41) is 2.87. The van der Waals surface area contributed by atoms with E-state index in [1.807, 2.05) is 0 Å².